The molecule has 0 bridgehead atoms. The number of unbranched alkanes of at least 4 members (excludes halogenated alkanes) is 1. The third-order valence-electron chi connectivity index (χ3n) is 4.21. The van der Waals surface area contributed by atoms with Crippen LogP contribution in [0.2, 0.25) is 0 Å². The van der Waals surface area contributed by atoms with Crippen LogP contribution in [0, 0.1) is 0 Å². The second-order valence-electron chi connectivity index (χ2n) is 6.01. The molecule has 6 nitrogen and oxygen atoms in total. The highest BCUT2D eigenvalue weighted by Gasteiger charge is 2.18. The van der Waals surface area contributed by atoms with E-state index in [0.717, 1.165) is 56.5 Å². The van der Waals surface area contributed by atoms with E-state index in [9.17, 15) is 4.79 Å². The molecule has 2 aromatic rings. The van der Waals surface area contributed by atoms with Crippen LogP contribution in [0.15, 0.2) is 29.9 Å². The lowest BCUT2D eigenvalue weighted by Crippen LogP contribution is -2.37. The molecule has 1 fully saturated rings. The number of hydrogen-bond donors (Lipinski definition) is 0. The Hall–Kier alpha value is -1.99. The van der Waals surface area contributed by atoms with Crippen LogP contribution in [-0.4, -0.2) is 53.6 Å². The van der Waals surface area contributed by atoms with E-state index >= 15 is 0 Å². The summed E-state index contributed by atoms with van der Waals surface area (Å²) in [6.45, 7) is 6.55. The average molecular weight is 360 g/mol. The van der Waals surface area contributed by atoms with Crippen LogP contribution in [0.5, 0.6) is 0 Å². The van der Waals surface area contributed by atoms with Crippen molar-refractivity contribution < 1.29 is 9.53 Å². The molecule has 0 radical (unpaired) electrons. The minimum absolute atomic E-state index is 0.0182. The van der Waals surface area contributed by atoms with Crippen molar-refractivity contribution in [2.45, 2.75) is 26.3 Å². The third kappa shape index (κ3) is 4.76. The molecule has 134 valence electrons. The lowest BCUT2D eigenvalue weighted by Gasteiger charge is -2.28. The third-order valence-corrected chi connectivity index (χ3v) is 4.97. The molecule has 1 saturated heterocycles. The Morgan fingerprint density at radius 2 is 2.16 bits per heavy atom. The Balaban J connectivity index is 1.69. The Kier molecular flexibility index (Phi) is 6.36. The largest absolute Gasteiger partial charge is 0.378 e. The quantitative estimate of drug-likeness (QED) is 0.760. The fourth-order valence-corrected chi connectivity index (χ4v) is 3.40. The molecular formula is C18H24N4O2S. The van der Waals surface area contributed by atoms with E-state index < -0.39 is 0 Å². The number of anilines is 1. The predicted octanol–water partition coefficient (Wildman–Crippen LogP) is 2.82. The Morgan fingerprint density at radius 1 is 1.32 bits per heavy atom. The molecule has 0 unspecified atom stereocenters. The lowest BCUT2D eigenvalue weighted by atomic mass is 10.2. The monoisotopic (exact) mass is 360 g/mol. The summed E-state index contributed by atoms with van der Waals surface area (Å²) in [5.74, 6) is 0.921. The normalized spacial score (nSPS) is 14.5. The maximum Gasteiger partial charge on any atom is 0.255 e. The standard InChI is InChI=1S/C18H24N4O2S/c1-2-3-7-22(14-17-19-6-12-25-17)18(23)15-4-5-16(20-13-15)21-8-10-24-11-9-21/h4-6,12-13H,2-3,7-11,14H2,1H3. The van der Waals surface area contributed by atoms with Crippen molar-refractivity contribution >= 4 is 23.1 Å². The van der Waals surface area contributed by atoms with E-state index in [2.05, 4.69) is 21.8 Å². The molecule has 25 heavy (non-hydrogen) atoms. The van der Waals surface area contributed by atoms with Gasteiger partial charge in [0.05, 0.1) is 25.3 Å². The fraction of sp³-hybridized carbons (Fsp3) is 0.500. The molecular weight excluding hydrogens is 336 g/mol. The van der Waals surface area contributed by atoms with Gasteiger partial charge in [-0.15, -0.1) is 11.3 Å². The van der Waals surface area contributed by atoms with Gasteiger partial charge in [-0.1, -0.05) is 13.3 Å². The molecule has 1 aliphatic heterocycles. The van der Waals surface area contributed by atoms with Gasteiger partial charge in [-0.2, -0.15) is 0 Å². The molecule has 1 aliphatic rings. The van der Waals surface area contributed by atoms with Crippen molar-refractivity contribution in [2.24, 2.45) is 0 Å². The zero-order valence-electron chi connectivity index (χ0n) is 14.6. The van der Waals surface area contributed by atoms with Crippen LogP contribution in [0.4, 0.5) is 5.82 Å². The number of carbonyl (C=O) groups excluding carboxylic acids is 1. The first-order chi connectivity index (χ1) is 12.3. The van der Waals surface area contributed by atoms with Gasteiger partial charge in [0, 0.05) is 37.4 Å². The van der Waals surface area contributed by atoms with E-state index in [0.29, 0.717) is 12.1 Å². The van der Waals surface area contributed by atoms with Crippen LogP contribution < -0.4 is 4.90 Å². The number of ether oxygens (including phenoxy) is 1. The fourth-order valence-electron chi connectivity index (χ4n) is 2.77. The van der Waals surface area contributed by atoms with Crippen LogP contribution >= 0.6 is 11.3 Å². The SMILES string of the molecule is CCCCN(Cc1nccs1)C(=O)c1ccc(N2CCOCC2)nc1. The van der Waals surface area contributed by atoms with Crippen molar-refractivity contribution in [3.8, 4) is 0 Å². The molecule has 3 rings (SSSR count). The summed E-state index contributed by atoms with van der Waals surface area (Å²) in [5.41, 5.74) is 0.629. The first kappa shape index (κ1) is 17.8. The molecule has 0 atom stereocenters. The first-order valence-electron chi connectivity index (χ1n) is 8.74. The van der Waals surface area contributed by atoms with Gasteiger partial charge in [0.2, 0.25) is 0 Å². The van der Waals surface area contributed by atoms with E-state index in [1.165, 1.54) is 0 Å². The Morgan fingerprint density at radius 3 is 2.80 bits per heavy atom. The van der Waals surface area contributed by atoms with E-state index in [1.54, 1.807) is 23.7 Å². The van der Waals surface area contributed by atoms with Gasteiger partial charge in [-0.25, -0.2) is 9.97 Å². The number of amides is 1. The molecule has 1 amide bonds. The van der Waals surface area contributed by atoms with Crippen LogP contribution in [0.1, 0.15) is 35.1 Å². The minimum atomic E-state index is 0.0182. The summed E-state index contributed by atoms with van der Waals surface area (Å²) in [5, 5.41) is 2.90. The first-order valence-corrected chi connectivity index (χ1v) is 9.62. The zero-order valence-corrected chi connectivity index (χ0v) is 15.4. The summed E-state index contributed by atoms with van der Waals surface area (Å²) in [4.78, 5) is 25.7. The number of hydrogen-bond acceptors (Lipinski definition) is 6. The summed E-state index contributed by atoms with van der Waals surface area (Å²) in [6, 6.07) is 3.81. The van der Waals surface area contributed by atoms with Gasteiger partial charge in [0.1, 0.15) is 10.8 Å². The number of thiazole rings is 1. The second kappa shape index (κ2) is 8.92. The second-order valence-corrected chi connectivity index (χ2v) is 6.99. The Labute approximate surface area is 152 Å². The van der Waals surface area contributed by atoms with Crippen molar-refractivity contribution in [3.05, 3.63) is 40.5 Å². The molecule has 0 spiro atoms. The number of aromatic nitrogens is 2. The molecule has 0 N–H and O–H groups in total. The van der Waals surface area contributed by atoms with Crippen molar-refractivity contribution in [1.29, 1.82) is 0 Å². The van der Waals surface area contributed by atoms with Gasteiger partial charge < -0.3 is 14.5 Å². The number of rotatable bonds is 7. The van der Waals surface area contributed by atoms with Crippen molar-refractivity contribution in [2.75, 3.05) is 37.7 Å². The number of morpholine rings is 1. The lowest BCUT2D eigenvalue weighted by molar-refractivity contribution is 0.0740. The molecule has 0 aromatic carbocycles. The smallest absolute Gasteiger partial charge is 0.255 e. The number of carbonyl (C=O) groups is 1. The van der Waals surface area contributed by atoms with E-state index in [1.807, 2.05) is 22.4 Å². The van der Waals surface area contributed by atoms with Gasteiger partial charge >= 0.3 is 0 Å². The van der Waals surface area contributed by atoms with Crippen LogP contribution in [0.25, 0.3) is 0 Å². The maximum absolute atomic E-state index is 12.9. The Bertz CT molecular complexity index is 654. The van der Waals surface area contributed by atoms with Gasteiger partial charge in [-0.05, 0) is 18.6 Å². The number of pyridine rings is 1. The minimum Gasteiger partial charge on any atom is -0.378 e. The van der Waals surface area contributed by atoms with Gasteiger partial charge in [-0.3, -0.25) is 4.79 Å². The summed E-state index contributed by atoms with van der Waals surface area (Å²) in [7, 11) is 0. The zero-order chi connectivity index (χ0) is 17.5. The van der Waals surface area contributed by atoms with E-state index in [-0.39, 0.29) is 5.91 Å². The molecule has 0 aliphatic carbocycles. The molecule has 2 aromatic heterocycles. The summed E-state index contributed by atoms with van der Waals surface area (Å²) >= 11 is 1.58. The van der Waals surface area contributed by atoms with Crippen LogP contribution in [-0.2, 0) is 11.3 Å². The predicted molar refractivity (Wildman–Crippen MR) is 99.0 cm³/mol. The average Bonchev–Trinajstić information content (AvgIpc) is 3.18. The van der Waals surface area contributed by atoms with Gasteiger partial charge in [0.15, 0.2) is 0 Å². The van der Waals surface area contributed by atoms with Gasteiger partial charge in [0.25, 0.3) is 5.91 Å². The number of nitrogens with zero attached hydrogens (tertiary/aromatic N) is 4. The highest BCUT2D eigenvalue weighted by Crippen LogP contribution is 2.16. The van der Waals surface area contributed by atoms with Crippen molar-refractivity contribution in [1.82, 2.24) is 14.9 Å². The highest BCUT2D eigenvalue weighted by atomic mass is 32.1. The maximum atomic E-state index is 12.9. The molecule has 3 heterocycles. The molecule has 7 heteroatoms. The highest BCUT2D eigenvalue weighted by molar-refractivity contribution is 7.09. The van der Waals surface area contributed by atoms with E-state index in [4.69, 9.17) is 4.74 Å². The molecule has 0 saturated carbocycles. The van der Waals surface area contributed by atoms with Crippen LogP contribution in [0.3, 0.4) is 0 Å². The topological polar surface area (TPSA) is 58.6 Å². The summed E-state index contributed by atoms with van der Waals surface area (Å²) < 4.78 is 5.37. The van der Waals surface area contributed by atoms with Crippen molar-refractivity contribution in [3.63, 3.8) is 0 Å². The summed E-state index contributed by atoms with van der Waals surface area (Å²) in [6.07, 6.45) is 5.50.